The van der Waals surface area contributed by atoms with Gasteiger partial charge in [0.1, 0.15) is 0 Å². The summed E-state index contributed by atoms with van der Waals surface area (Å²) in [5, 5.41) is 9.08. The molecule has 1 aliphatic rings. The quantitative estimate of drug-likeness (QED) is 0.756. The Hall–Kier alpha value is -1.88. The van der Waals surface area contributed by atoms with Gasteiger partial charge in [-0.1, -0.05) is 13.0 Å². The Morgan fingerprint density at radius 1 is 1.27 bits per heavy atom. The molecule has 1 unspecified atom stereocenters. The molecule has 0 radical (unpaired) electrons. The van der Waals surface area contributed by atoms with Crippen LogP contribution in [0, 0.1) is 12.8 Å². The second-order valence-electron chi connectivity index (χ2n) is 5.88. The first-order valence-electron chi connectivity index (χ1n) is 7.99. The molecule has 22 heavy (non-hydrogen) atoms. The Balaban J connectivity index is 1.91. The molecule has 1 aliphatic heterocycles. The molecule has 3 N–H and O–H groups in total. The smallest absolute Gasteiger partial charge is 0.224 e. The fourth-order valence-corrected chi connectivity index (χ4v) is 2.59. The summed E-state index contributed by atoms with van der Waals surface area (Å²) in [6, 6.07) is 5.57. The Morgan fingerprint density at radius 3 is 2.77 bits per heavy atom. The largest absolute Gasteiger partial charge is 0.326 e. The fraction of sp³-hybridized carbons (Fsp3) is 0.529. The van der Waals surface area contributed by atoms with E-state index in [1.807, 2.05) is 32.0 Å². The average Bonchev–Trinajstić information content (AvgIpc) is 3.02. The van der Waals surface area contributed by atoms with Gasteiger partial charge in [0.25, 0.3) is 0 Å². The molecule has 0 aromatic heterocycles. The third-order valence-corrected chi connectivity index (χ3v) is 4.06. The normalized spacial score (nSPS) is 17.3. The molecule has 2 amide bonds. The maximum atomic E-state index is 12.1. The lowest BCUT2D eigenvalue weighted by Gasteiger charge is -2.12. The van der Waals surface area contributed by atoms with Crippen molar-refractivity contribution in [1.82, 2.24) is 5.32 Å². The Bertz CT molecular complexity index is 537. The summed E-state index contributed by atoms with van der Waals surface area (Å²) in [4.78, 5) is 23.5. The SMILES string of the molecule is CCC(=O)Nc1ccc(C)c(NC(=O)CCC2CCNC2)c1. The number of rotatable bonds is 6. The lowest BCUT2D eigenvalue weighted by atomic mass is 10.0. The number of hydrogen-bond donors (Lipinski definition) is 3. The van der Waals surface area contributed by atoms with Gasteiger partial charge in [-0.05, 0) is 56.5 Å². The molecular weight excluding hydrogens is 278 g/mol. The van der Waals surface area contributed by atoms with Crippen LogP contribution in [0.3, 0.4) is 0 Å². The van der Waals surface area contributed by atoms with E-state index in [2.05, 4.69) is 16.0 Å². The summed E-state index contributed by atoms with van der Waals surface area (Å²) in [7, 11) is 0. The second-order valence-corrected chi connectivity index (χ2v) is 5.88. The highest BCUT2D eigenvalue weighted by Gasteiger charge is 2.16. The van der Waals surface area contributed by atoms with Crippen LogP contribution in [0.5, 0.6) is 0 Å². The van der Waals surface area contributed by atoms with Gasteiger partial charge < -0.3 is 16.0 Å². The number of aryl methyl sites for hydroxylation is 1. The number of nitrogens with one attached hydrogen (secondary N) is 3. The summed E-state index contributed by atoms with van der Waals surface area (Å²) < 4.78 is 0. The molecule has 1 aromatic carbocycles. The van der Waals surface area contributed by atoms with Gasteiger partial charge in [-0.3, -0.25) is 9.59 Å². The van der Waals surface area contributed by atoms with Crippen molar-refractivity contribution in [2.24, 2.45) is 5.92 Å². The minimum atomic E-state index is -0.0325. The Labute approximate surface area is 131 Å². The summed E-state index contributed by atoms with van der Waals surface area (Å²) in [6.45, 7) is 5.83. The molecule has 0 bridgehead atoms. The zero-order chi connectivity index (χ0) is 15.9. The van der Waals surface area contributed by atoms with Crippen LogP contribution in [0.1, 0.15) is 38.2 Å². The molecule has 1 atom stereocenters. The van der Waals surface area contributed by atoms with E-state index in [1.54, 1.807) is 0 Å². The standard InChI is InChI=1S/C17H25N3O2/c1-3-16(21)19-14-6-4-12(2)15(10-14)20-17(22)7-5-13-8-9-18-11-13/h4,6,10,13,18H,3,5,7-9,11H2,1-2H3,(H,19,21)(H,20,22). The van der Waals surface area contributed by atoms with Crippen LogP contribution in [0.15, 0.2) is 18.2 Å². The molecule has 0 aliphatic carbocycles. The monoisotopic (exact) mass is 303 g/mol. The summed E-state index contributed by atoms with van der Waals surface area (Å²) >= 11 is 0. The molecule has 1 saturated heterocycles. The molecule has 5 heteroatoms. The van der Waals surface area contributed by atoms with Gasteiger partial charge in [-0.15, -0.1) is 0 Å². The summed E-state index contributed by atoms with van der Waals surface area (Å²) in [5.41, 5.74) is 2.47. The van der Waals surface area contributed by atoms with Gasteiger partial charge in [-0.25, -0.2) is 0 Å². The van der Waals surface area contributed by atoms with E-state index in [1.165, 1.54) is 0 Å². The van der Waals surface area contributed by atoms with Crippen molar-refractivity contribution in [3.63, 3.8) is 0 Å². The third kappa shape index (κ3) is 4.84. The highest BCUT2D eigenvalue weighted by Crippen LogP contribution is 2.21. The van der Waals surface area contributed by atoms with Gasteiger partial charge in [0, 0.05) is 24.2 Å². The molecule has 2 rings (SSSR count). The molecule has 1 aromatic rings. The first-order chi connectivity index (χ1) is 10.6. The number of benzene rings is 1. The van der Waals surface area contributed by atoms with Crippen molar-refractivity contribution >= 4 is 23.2 Å². The predicted molar refractivity (Wildman–Crippen MR) is 88.9 cm³/mol. The fourth-order valence-electron chi connectivity index (χ4n) is 2.59. The molecule has 1 fully saturated rings. The Kier molecular flexibility index (Phi) is 5.95. The van der Waals surface area contributed by atoms with E-state index in [9.17, 15) is 9.59 Å². The lowest BCUT2D eigenvalue weighted by Crippen LogP contribution is -2.16. The number of amides is 2. The van der Waals surface area contributed by atoms with Crippen molar-refractivity contribution < 1.29 is 9.59 Å². The Morgan fingerprint density at radius 2 is 2.09 bits per heavy atom. The van der Waals surface area contributed by atoms with Crippen LogP contribution < -0.4 is 16.0 Å². The van der Waals surface area contributed by atoms with Gasteiger partial charge in [0.05, 0.1) is 0 Å². The van der Waals surface area contributed by atoms with Crippen LogP contribution in [0.2, 0.25) is 0 Å². The van der Waals surface area contributed by atoms with Crippen LogP contribution in [-0.4, -0.2) is 24.9 Å². The number of anilines is 2. The second kappa shape index (κ2) is 7.94. The van der Waals surface area contributed by atoms with Crippen molar-refractivity contribution in [2.75, 3.05) is 23.7 Å². The van der Waals surface area contributed by atoms with Gasteiger partial charge in [0.2, 0.25) is 11.8 Å². The molecular formula is C17H25N3O2. The van der Waals surface area contributed by atoms with Crippen molar-refractivity contribution in [3.05, 3.63) is 23.8 Å². The zero-order valence-electron chi connectivity index (χ0n) is 13.4. The molecule has 0 spiro atoms. The minimum Gasteiger partial charge on any atom is -0.326 e. The first-order valence-corrected chi connectivity index (χ1v) is 7.99. The minimum absolute atomic E-state index is 0.0325. The first kappa shape index (κ1) is 16.5. The molecule has 5 nitrogen and oxygen atoms in total. The van der Waals surface area contributed by atoms with E-state index in [4.69, 9.17) is 0 Å². The van der Waals surface area contributed by atoms with E-state index in [0.29, 0.717) is 24.4 Å². The van der Waals surface area contributed by atoms with Crippen molar-refractivity contribution in [1.29, 1.82) is 0 Å². The van der Waals surface area contributed by atoms with E-state index in [-0.39, 0.29) is 11.8 Å². The number of carbonyl (C=O) groups is 2. The van der Waals surface area contributed by atoms with E-state index < -0.39 is 0 Å². The summed E-state index contributed by atoms with van der Waals surface area (Å²) in [5.74, 6) is 0.617. The van der Waals surface area contributed by atoms with Gasteiger partial charge in [-0.2, -0.15) is 0 Å². The highest BCUT2D eigenvalue weighted by atomic mass is 16.2. The topological polar surface area (TPSA) is 70.2 Å². The van der Waals surface area contributed by atoms with Crippen LogP contribution in [0.25, 0.3) is 0 Å². The highest BCUT2D eigenvalue weighted by molar-refractivity contribution is 5.94. The third-order valence-electron chi connectivity index (χ3n) is 4.06. The molecule has 0 saturated carbocycles. The van der Waals surface area contributed by atoms with Crippen molar-refractivity contribution in [3.8, 4) is 0 Å². The van der Waals surface area contributed by atoms with Crippen LogP contribution in [-0.2, 0) is 9.59 Å². The summed E-state index contributed by atoms with van der Waals surface area (Å²) in [6.07, 6.45) is 3.05. The zero-order valence-corrected chi connectivity index (χ0v) is 13.4. The predicted octanol–water partition coefficient (Wildman–Crippen LogP) is 2.67. The average molecular weight is 303 g/mol. The molecule has 120 valence electrons. The van der Waals surface area contributed by atoms with E-state index in [0.717, 1.165) is 37.2 Å². The lowest BCUT2D eigenvalue weighted by molar-refractivity contribution is -0.117. The van der Waals surface area contributed by atoms with Crippen LogP contribution in [0.4, 0.5) is 11.4 Å². The number of hydrogen-bond acceptors (Lipinski definition) is 3. The van der Waals surface area contributed by atoms with Gasteiger partial charge in [0.15, 0.2) is 0 Å². The number of carbonyl (C=O) groups excluding carboxylic acids is 2. The van der Waals surface area contributed by atoms with E-state index >= 15 is 0 Å². The van der Waals surface area contributed by atoms with Crippen molar-refractivity contribution in [2.45, 2.75) is 39.5 Å². The van der Waals surface area contributed by atoms with Crippen LogP contribution >= 0.6 is 0 Å². The maximum absolute atomic E-state index is 12.1. The maximum Gasteiger partial charge on any atom is 0.224 e. The van der Waals surface area contributed by atoms with Gasteiger partial charge >= 0.3 is 0 Å². The molecule has 1 heterocycles.